The van der Waals surface area contributed by atoms with Crippen LogP contribution in [0.4, 0.5) is 10.2 Å². The first kappa shape index (κ1) is 8.49. The fraction of sp³-hybridized carbons (Fsp3) is 0. The van der Waals surface area contributed by atoms with Crippen LogP contribution in [0.3, 0.4) is 0 Å². The summed E-state index contributed by atoms with van der Waals surface area (Å²) in [6, 6.07) is 1.95. The van der Waals surface area contributed by atoms with Gasteiger partial charge in [-0.1, -0.05) is 0 Å². The zero-order valence-electron chi connectivity index (χ0n) is 6.91. The van der Waals surface area contributed by atoms with Crippen LogP contribution >= 0.6 is 0 Å². The van der Waals surface area contributed by atoms with Crippen molar-refractivity contribution in [3.05, 3.63) is 28.3 Å². The van der Waals surface area contributed by atoms with Crippen LogP contribution < -0.4 is 11.3 Å². The van der Waals surface area contributed by atoms with Crippen LogP contribution in [0.2, 0.25) is 0 Å². The van der Waals surface area contributed by atoms with Gasteiger partial charge in [0.15, 0.2) is 5.82 Å². The van der Waals surface area contributed by atoms with Gasteiger partial charge in [0.25, 0.3) is 5.56 Å². The number of nitrogens with zero attached hydrogens (tertiary/aromatic N) is 1. The van der Waals surface area contributed by atoms with E-state index in [9.17, 15) is 14.3 Å². The van der Waals surface area contributed by atoms with E-state index < -0.39 is 11.4 Å². The lowest BCUT2D eigenvalue weighted by Gasteiger charge is -2.00. The minimum atomic E-state index is -0.655. The molecule has 0 radical (unpaired) electrons. The number of anilines is 1. The summed E-state index contributed by atoms with van der Waals surface area (Å²) in [5.74, 6) is -1.28. The number of aromatic hydroxyl groups is 1. The second-order valence-electron chi connectivity index (χ2n) is 2.77. The van der Waals surface area contributed by atoms with Crippen molar-refractivity contribution in [2.24, 2.45) is 0 Å². The van der Waals surface area contributed by atoms with Crippen molar-refractivity contribution in [2.45, 2.75) is 0 Å². The van der Waals surface area contributed by atoms with Crippen molar-refractivity contribution >= 4 is 16.9 Å². The van der Waals surface area contributed by atoms with E-state index in [0.29, 0.717) is 0 Å². The topological polar surface area (TPSA) is 92.0 Å². The molecule has 0 aliphatic rings. The Morgan fingerprint density at radius 3 is 2.93 bits per heavy atom. The molecule has 1 aromatic carbocycles. The third-order valence-electron chi connectivity index (χ3n) is 1.77. The van der Waals surface area contributed by atoms with Gasteiger partial charge in [0.05, 0.1) is 5.52 Å². The fourth-order valence-corrected chi connectivity index (χ4v) is 1.16. The summed E-state index contributed by atoms with van der Waals surface area (Å²) in [7, 11) is 0. The van der Waals surface area contributed by atoms with Crippen LogP contribution in [0.1, 0.15) is 0 Å². The number of nitrogens with two attached hydrogens (primary N) is 1. The van der Waals surface area contributed by atoms with Gasteiger partial charge in [0.1, 0.15) is 17.1 Å². The quantitative estimate of drug-likeness (QED) is 0.565. The van der Waals surface area contributed by atoms with Crippen LogP contribution in [0.5, 0.6) is 5.75 Å². The number of phenolic OH excluding ortho intramolecular Hbond substituents is 1. The highest BCUT2D eigenvalue weighted by Crippen LogP contribution is 2.21. The van der Waals surface area contributed by atoms with Crippen molar-refractivity contribution in [1.82, 2.24) is 9.97 Å². The SMILES string of the molecule is Nc1nc2c(O)cc(F)cc2[nH]c1=O. The third kappa shape index (κ3) is 1.17. The molecule has 0 aliphatic carbocycles. The molecule has 0 saturated carbocycles. The van der Waals surface area contributed by atoms with Crippen LogP contribution in [-0.2, 0) is 0 Å². The zero-order chi connectivity index (χ0) is 10.3. The Labute approximate surface area is 77.0 Å². The number of benzene rings is 1. The van der Waals surface area contributed by atoms with E-state index in [-0.39, 0.29) is 22.6 Å². The van der Waals surface area contributed by atoms with Crippen molar-refractivity contribution in [2.75, 3.05) is 5.73 Å². The number of aromatic amines is 1. The number of fused-ring (bicyclic) bond motifs is 1. The number of H-pyrrole nitrogens is 1. The standard InChI is InChI=1S/C8H6FN3O2/c9-3-1-4-6(5(13)2-3)12-7(10)8(14)11-4/h1-2,13H,(H2,10,12)(H,11,14). The molecule has 0 spiro atoms. The first-order valence-electron chi connectivity index (χ1n) is 3.76. The van der Waals surface area contributed by atoms with Gasteiger partial charge >= 0.3 is 0 Å². The number of aromatic nitrogens is 2. The van der Waals surface area contributed by atoms with Gasteiger partial charge < -0.3 is 15.8 Å². The minimum absolute atomic E-state index is 0.0727. The van der Waals surface area contributed by atoms with E-state index in [1.807, 2.05) is 0 Å². The Kier molecular flexibility index (Phi) is 1.63. The van der Waals surface area contributed by atoms with E-state index in [1.54, 1.807) is 0 Å². The summed E-state index contributed by atoms with van der Waals surface area (Å²) in [5, 5.41) is 9.29. The molecule has 1 heterocycles. The smallest absolute Gasteiger partial charge is 0.290 e. The Balaban J connectivity index is 2.96. The number of phenols is 1. The highest BCUT2D eigenvalue weighted by atomic mass is 19.1. The maximum Gasteiger partial charge on any atom is 0.290 e. The minimum Gasteiger partial charge on any atom is -0.505 e. The molecule has 0 atom stereocenters. The maximum absolute atomic E-state index is 12.8. The molecule has 0 unspecified atom stereocenters. The lowest BCUT2D eigenvalue weighted by Crippen LogP contribution is -2.13. The molecule has 6 heteroatoms. The molecule has 72 valence electrons. The molecule has 1 aromatic heterocycles. The number of halogens is 1. The Morgan fingerprint density at radius 1 is 1.50 bits per heavy atom. The molecule has 14 heavy (non-hydrogen) atoms. The lowest BCUT2D eigenvalue weighted by molar-refractivity contribution is 0.474. The van der Waals surface area contributed by atoms with Gasteiger partial charge in [-0.25, -0.2) is 9.37 Å². The van der Waals surface area contributed by atoms with E-state index >= 15 is 0 Å². The summed E-state index contributed by atoms with van der Waals surface area (Å²) in [4.78, 5) is 16.9. The predicted molar refractivity (Wildman–Crippen MR) is 48.4 cm³/mol. The third-order valence-corrected chi connectivity index (χ3v) is 1.77. The van der Waals surface area contributed by atoms with Gasteiger partial charge in [-0.2, -0.15) is 0 Å². The fourth-order valence-electron chi connectivity index (χ4n) is 1.16. The highest BCUT2D eigenvalue weighted by Gasteiger charge is 2.07. The van der Waals surface area contributed by atoms with Gasteiger partial charge in [-0.15, -0.1) is 0 Å². The molecule has 5 nitrogen and oxygen atoms in total. The molecule has 4 N–H and O–H groups in total. The van der Waals surface area contributed by atoms with Crippen LogP contribution in [0, 0.1) is 5.82 Å². The lowest BCUT2D eigenvalue weighted by atomic mass is 10.2. The van der Waals surface area contributed by atoms with E-state index in [0.717, 1.165) is 12.1 Å². The Morgan fingerprint density at radius 2 is 2.21 bits per heavy atom. The first-order valence-corrected chi connectivity index (χ1v) is 3.76. The van der Waals surface area contributed by atoms with E-state index in [2.05, 4.69) is 9.97 Å². The van der Waals surface area contributed by atoms with E-state index in [4.69, 9.17) is 5.73 Å². The summed E-state index contributed by atoms with van der Waals surface area (Å²) in [5.41, 5.74) is 4.81. The number of nitrogens with one attached hydrogen (secondary N) is 1. The van der Waals surface area contributed by atoms with Crippen LogP contribution in [-0.4, -0.2) is 15.1 Å². The molecule has 2 rings (SSSR count). The van der Waals surface area contributed by atoms with Crippen molar-refractivity contribution in [1.29, 1.82) is 0 Å². The molecule has 0 bridgehead atoms. The average molecular weight is 195 g/mol. The van der Waals surface area contributed by atoms with Gasteiger partial charge in [0, 0.05) is 6.07 Å². The summed E-state index contributed by atoms with van der Waals surface area (Å²) in [6.07, 6.45) is 0. The summed E-state index contributed by atoms with van der Waals surface area (Å²) >= 11 is 0. The number of rotatable bonds is 0. The average Bonchev–Trinajstić information content (AvgIpc) is 2.08. The number of hydrogen-bond donors (Lipinski definition) is 3. The molecule has 0 fully saturated rings. The van der Waals surface area contributed by atoms with Gasteiger partial charge in [-0.3, -0.25) is 4.79 Å². The molecule has 2 aromatic rings. The van der Waals surface area contributed by atoms with Crippen LogP contribution in [0.25, 0.3) is 11.0 Å². The number of nitrogen functional groups attached to an aromatic ring is 1. The van der Waals surface area contributed by atoms with Gasteiger partial charge in [0.2, 0.25) is 0 Å². The number of hydrogen-bond acceptors (Lipinski definition) is 4. The Bertz CT molecular complexity index is 564. The van der Waals surface area contributed by atoms with Crippen molar-refractivity contribution in [3.8, 4) is 5.75 Å². The largest absolute Gasteiger partial charge is 0.505 e. The second-order valence-corrected chi connectivity index (χ2v) is 2.77. The highest BCUT2D eigenvalue weighted by molar-refractivity contribution is 5.81. The van der Waals surface area contributed by atoms with Crippen molar-refractivity contribution < 1.29 is 9.50 Å². The predicted octanol–water partition coefficient (Wildman–Crippen LogP) is 0.350. The van der Waals surface area contributed by atoms with Crippen LogP contribution in [0.15, 0.2) is 16.9 Å². The first-order chi connectivity index (χ1) is 6.58. The van der Waals surface area contributed by atoms with Crippen molar-refractivity contribution in [3.63, 3.8) is 0 Å². The molecule has 0 amide bonds. The van der Waals surface area contributed by atoms with Gasteiger partial charge in [-0.05, 0) is 6.07 Å². The second kappa shape index (κ2) is 2.69. The molecule has 0 saturated heterocycles. The maximum atomic E-state index is 12.8. The normalized spacial score (nSPS) is 10.6. The monoisotopic (exact) mass is 195 g/mol. The zero-order valence-corrected chi connectivity index (χ0v) is 6.91. The molecule has 0 aliphatic heterocycles. The Hall–Kier alpha value is -2.11. The summed E-state index contributed by atoms with van der Waals surface area (Å²) < 4.78 is 12.8. The summed E-state index contributed by atoms with van der Waals surface area (Å²) in [6.45, 7) is 0. The van der Waals surface area contributed by atoms with E-state index in [1.165, 1.54) is 0 Å². The molecular weight excluding hydrogens is 189 g/mol. The molecular formula is C8H6FN3O2.